The van der Waals surface area contributed by atoms with E-state index in [2.05, 4.69) is 35.1 Å². The second-order valence-corrected chi connectivity index (χ2v) is 5.43. The van der Waals surface area contributed by atoms with Gasteiger partial charge in [-0.1, -0.05) is 74.2 Å². The molecule has 17 heavy (non-hydrogen) atoms. The van der Waals surface area contributed by atoms with Gasteiger partial charge in [0.05, 0.1) is 5.33 Å². The lowest BCUT2D eigenvalue weighted by molar-refractivity contribution is -0.119. The molecule has 1 atom stereocenters. The molecular weight excluding hydrogens is 278 g/mol. The summed E-state index contributed by atoms with van der Waals surface area (Å²) in [5, 5.41) is 3.37. The normalized spacial score (nSPS) is 12.4. The molecule has 0 rings (SSSR count). The van der Waals surface area contributed by atoms with Crippen molar-refractivity contribution in [1.82, 2.24) is 5.32 Å². The van der Waals surface area contributed by atoms with Crippen LogP contribution in [0.2, 0.25) is 0 Å². The van der Waals surface area contributed by atoms with Gasteiger partial charge in [-0.3, -0.25) is 4.79 Å². The molecule has 0 aliphatic heterocycles. The maximum atomic E-state index is 11.1. The lowest BCUT2D eigenvalue weighted by Gasteiger charge is -2.12. The van der Waals surface area contributed by atoms with Gasteiger partial charge in [-0.05, 0) is 13.3 Å². The lowest BCUT2D eigenvalue weighted by Crippen LogP contribution is -2.33. The van der Waals surface area contributed by atoms with Crippen LogP contribution in [0, 0.1) is 0 Å². The van der Waals surface area contributed by atoms with Crippen molar-refractivity contribution in [3.05, 3.63) is 0 Å². The van der Waals surface area contributed by atoms with E-state index >= 15 is 0 Å². The molecule has 3 heteroatoms. The van der Waals surface area contributed by atoms with Crippen LogP contribution in [-0.4, -0.2) is 17.3 Å². The number of carbonyl (C=O) groups excluding carboxylic acids is 1. The Labute approximate surface area is 115 Å². The monoisotopic (exact) mass is 305 g/mol. The smallest absolute Gasteiger partial charge is 0.230 e. The third-order valence-corrected chi connectivity index (χ3v) is 3.53. The highest BCUT2D eigenvalue weighted by atomic mass is 79.9. The van der Waals surface area contributed by atoms with Crippen molar-refractivity contribution >= 4 is 21.8 Å². The van der Waals surface area contributed by atoms with Crippen molar-refractivity contribution in [2.24, 2.45) is 0 Å². The maximum Gasteiger partial charge on any atom is 0.230 e. The summed E-state index contributed by atoms with van der Waals surface area (Å²) in [6, 6.07) is 0.320. The summed E-state index contributed by atoms with van der Waals surface area (Å²) in [7, 11) is 0. The molecule has 0 aromatic heterocycles. The van der Waals surface area contributed by atoms with Crippen LogP contribution in [0.1, 0.15) is 71.6 Å². The van der Waals surface area contributed by atoms with Gasteiger partial charge in [0.15, 0.2) is 0 Å². The Morgan fingerprint density at radius 3 is 2.12 bits per heavy atom. The molecule has 0 radical (unpaired) electrons. The quantitative estimate of drug-likeness (QED) is 0.444. The van der Waals surface area contributed by atoms with Crippen LogP contribution in [0.25, 0.3) is 0 Å². The number of carbonyl (C=O) groups is 1. The number of unbranched alkanes of at least 4 members (excludes halogenated alkanes) is 7. The third kappa shape index (κ3) is 12.2. The molecule has 0 spiro atoms. The number of nitrogens with one attached hydrogen (secondary N) is 1. The highest BCUT2D eigenvalue weighted by Gasteiger charge is 2.04. The Kier molecular flexibility index (Phi) is 12.4. The second-order valence-electron chi connectivity index (χ2n) is 4.87. The Bertz CT molecular complexity index is 185. The molecule has 0 bridgehead atoms. The van der Waals surface area contributed by atoms with Gasteiger partial charge in [-0.15, -0.1) is 0 Å². The fraction of sp³-hybridized carbons (Fsp3) is 0.929. The molecule has 2 nitrogen and oxygen atoms in total. The van der Waals surface area contributed by atoms with Crippen LogP contribution in [0.3, 0.4) is 0 Å². The molecular formula is C14H28BrNO. The summed E-state index contributed by atoms with van der Waals surface area (Å²) < 4.78 is 0. The van der Waals surface area contributed by atoms with Gasteiger partial charge in [-0.2, -0.15) is 0 Å². The minimum atomic E-state index is 0.0945. The average Bonchev–Trinajstić information content (AvgIpc) is 2.32. The van der Waals surface area contributed by atoms with E-state index in [-0.39, 0.29) is 5.91 Å². The van der Waals surface area contributed by atoms with E-state index in [4.69, 9.17) is 0 Å². The van der Waals surface area contributed by atoms with Crippen LogP contribution in [0.4, 0.5) is 0 Å². The summed E-state index contributed by atoms with van der Waals surface area (Å²) >= 11 is 3.15. The largest absolute Gasteiger partial charge is 0.353 e. The van der Waals surface area contributed by atoms with Crippen molar-refractivity contribution in [2.45, 2.75) is 77.7 Å². The predicted octanol–water partition coefficient (Wildman–Crippen LogP) is 4.42. The summed E-state index contributed by atoms with van der Waals surface area (Å²) in [5.74, 6) is 0.0945. The molecule has 0 aliphatic carbocycles. The van der Waals surface area contributed by atoms with Crippen molar-refractivity contribution in [1.29, 1.82) is 0 Å². The van der Waals surface area contributed by atoms with E-state index in [1.165, 1.54) is 51.4 Å². The first-order valence-corrected chi connectivity index (χ1v) is 8.18. The Balaban J connectivity index is 3.19. The molecule has 0 fully saturated rings. The van der Waals surface area contributed by atoms with Crippen molar-refractivity contribution in [3.8, 4) is 0 Å². The molecule has 0 saturated heterocycles. The van der Waals surface area contributed by atoms with Gasteiger partial charge >= 0.3 is 0 Å². The van der Waals surface area contributed by atoms with Gasteiger partial charge in [0.1, 0.15) is 0 Å². The zero-order chi connectivity index (χ0) is 12.9. The zero-order valence-corrected chi connectivity index (χ0v) is 13.0. The van der Waals surface area contributed by atoms with Gasteiger partial charge in [-0.25, -0.2) is 0 Å². The minimum absolute atomic E-state index is 0.0945. The molecule has 0 aliphatic rings. The minimum Gasteiger partial charge on any atom is -0.353 e. The highest BCUT2D eigenvalue weighted by molar-refractivity contribution is 9.09. The van der Waals surface area contributed by atoms with E-state index in [0.717, 1.165) is 6.42 Å². The highest BCUT2D eigenvalue weighted by Crippen LogP contribution is 2.10. The summed E-state index contributed by atoms with van der Waals surface area (Å²) in [6.45, 7) is 4.34. The van der Waals surface area contributed by atoms with Gasteiger partial charge in [0.25, 0.3) is 0 Å². The second kappa shape index (κ2) is 12.4. The maximum absolute atomic E-state index is 11.1. The van der Waals surface area contributed by atoms with E-state index in [9.17, 15) is 4.79 Å². The summed E-state index contributed by atoms with van der Waals surface area (Å²) in [4.78, 5) is 11.1. The van der Waals surface area contributed by atoms with Crippen LogP contribution >= 0.6 is 15.9 Å². The molecule has 0 saturated carbocycles. The van der Waals surface area contributed by atoms with Crippen molar-refractivity contribution in [3.63, 3.8) is 0 Å². The van der Waals surface area contributed by atoms with Crippen molar-refractivity contribution in [2.75, 3.05) is 5.33 Å². The summed E-state index contributed by atoms with van der Waals surface area (Å²) in [5.41, 5.74) is 0. The fourth-order valence-corrected chi connectivity index (χ4v) is 2.13. The van der Waals surface area contributed by atoms with E-state index in [1.807, 2.05) is 0 Å². The Hall–Kier alpha value is -0.0500. The van der Waals surface area contributed by atoms with Gasteiger partial charge in [0, 0.05) is 6.04 Å². The molecule has 1 N–H and O–H groups in total. The van der Waals surface area contributed by atoms with Crippen LogP contribution < -0.4 is 5.32 Å². The van der Waals surface area contributed by atoms with Crippen molar-refractivity contribution < 1.29 is 4.79 Å². The van der Waals surface area contributed by atoms with Gasteiger partial charge < -0.3 is 5.32 Å². The number of rotatable bonds is 11. The fourth-order valence-electron chi connectivity index (χ4n) is 1.97. The SMILES string of the molecule is CCCCCCCCCCC(C)NC(=O)CBr. The standard InChI is InChI=1S/C14H28BrNO/c1-3-4-5-6-7-8-9-10-11-13(2)16-14(17)12-15/h13H,3-12H2,1-2H3,(H,16,17). The predicted molar refractivity (Wildman–Crippen MR) is 78.6 cm³/mol. The first kappa shape index (κ1) is 16.9. The Morgan fingerprint density at radius 2 is 1.59 bits per heavy atom. The summed E-state index contributed by atoms with van der Waals surface area (Å²) in [6.07, 6.45) is 11.9. The Morgan fingerprint density at radius 1 is 1.06 bits per heavy atom. The number of amides is 1. The number of hydrogen-bond donors (Lipinski definition) is 1. The lowest BCUT2D eigenvalue weighted by atomic mass is 10.1. The molecule has 0 aromatic carbocycles. The van der Waals surface area contributed by atoms with Gasteiger partial charge in [0.2, 0.25) is 5.91 Å². The van der Waals surface area contributed by atoms with E-state index in [0.29, 0.717) is 11.4 Å². The molecule has 0 aromatic rings. The number of alkyl halides is 1. The van der Waals surface area contributed by atoms with E-state index in [1.54, 1.807) is 0 Å². The molecule has 102 valence electrons. The molecule has 1 amide bonds. The number of halogens is 1. The molecule has 0 heterocycles. The zero-order valence-electron chi connectivity index (χ0n) is 11.4. The first-order chi connectivity index (χ1) is 8.20. The average molecular weight is 306 g/mol. The van der Waals surface area contributed by atoms with Crippen LogP contribution in [0.15, 0.2) is 0 Å². The molecule has 1 unspecified atom stereocenters. The number of hydrogen-bond acceptors (Lipinski definition) is 1. The first-order valence-electron chi connectivity index (χ1n) is 7.06. The topological polar surface area (TPSA) is 29.1 Å². The third-order valence-electron chi connectivity index (χ3n) is 3.02. The van der Waals surface area contributed by atoms with Crippen LogP contribution in [0.5, 0.6) is 0 Å². The van der Waals surface area contributed by atoms with Crippen LogP contribution in [-0.2, 0) is 4.79 Å². The van der Waals surface area contributed by atoms with E-state index < -0.39 is 0 Å².